The predicted molar refractivity (Wildman–Crippen MR) is 107 cm³/mol. The summed E-state index contributed by atoms with van der Waals surface area (Å²) in [6, 6.07) is 10.4. The summed E-state index contributed by atoms with van der Waals surface area (Å²) in [4.78, 5) is 11.4. The molecule has 1 fully saturated rings. The fraction of sp³-hybridized carbons (Fsp3) is 0.381. The first kappa shape index (κ1) is 17.7. The van der Waals surface area contributed by atoms with Crippen molar-refractivity contribution in [2.75, 3.05) is 18.4 Å². The molecule has 0 radical (unpaired) electrons. The van der Waals surface area contributed by atoms with Gasteiger partial charge in [-0.3, -0.25) is 9.58 Å². The van der Waals surface area contributed by atoms with Crippen molar-refractivity contribution >= 4 is 11.6 Å². The van der Waals surface area contributed by atoms with Crippen LogP contribution in [0, 0.1) is 6.92 Å². The summed E-state index contributed by atoms with van der Waals surface area (Å²) >= 11 is 0. The predicted octanol–water partition coefficient (Wildman–Crippen LogP) is 3.64. The van der Waals surface area contributed by atoms with Crippen molar-refractivity contribution in [3.05, 3.63) is 65.7 Å². The van der Waals surface area contributed by atoms with Gasteiger partial charge in [-0.2, -0.15) is 5.10 Å². The fourth-order valence-electron chi connectivity index (χ4n) is 3.76. The van der Waals surface area contributed by atoms with Crippen LogP contribution in [0.15, 0.2) is 48.9 Å². The molecule has 1 saturated heterocycles. The van der Waals surface area contributed by atoms with E-state index in [1.807, 2.05) is 30.2 Å². The zero-order valence-electron chi connectivity index (χ0n) is 16.0. The first-order valence-corrected chi connectivity index (χ1v) is 9.53. The maximum absolute atomic E-state index is 4.49. The molecule has 3 aromatic heterocycles. The molecule has 1 unspecified atom stereocenters. The summed E-state index contributed by atoms with van der Waals surface area (Å²) < 4.78 is 1.97. The number of aromatic nitrogens is 4. The molecule has 3 aromatic rings. The Hall–Kier alpha value is -2.73. The van der Waals surface area contributed by atoms with Gasteiger partial charge in [0.25, 0.3) is 0 Å². The topological polar surface area (TPSA) is 58.9 Å². The van der Waals surface area contributed by atoms with Crippen LogP contribution in [-0.4, -0.2) is 37.7 Å². The smallest absolute Gasteiger partial charge is 0.134 e. The van der Waals surface area contributed by atoms with E-state index in [0.29, 0.717) is 5.92 Å². The van der Waals surface area contributed by atoms with Crippen molar-refractivity contribution in [2.24, 2.45) is 7.05 Å². The van der Waals surface area contributed by atoms with E-state index in [9.17, 15) is 0 Å². The summed E-state index contributed by atoms with van der Waals surface area (Å²) in [6.07, 6.45) is 8.00. The first-order chi connectivity index (χ1) is 13.2. The molecule has 0 bridgehead atoms. The van der Waals surface area contributed by atoms with E-state index < -0.39 is 0 Å². The molecule has 0 amide bonds. The van der Waals surface area contributed by atoms with Crippen LogP contribution in [0.25, 0.3) is 0 Å². The molecular formula is C21H26N6. The maximum atomic E-state index is 4.49. The van der Waals surface area contributed by atoms with Crippen molar-refractivity contribution in [1.82, 2.24) is 24.6 Å². The Morgan fingerprint density at radius 1 is 1.15 bits per heavy atom. The van der Waals surface area contributed by atoms with Gasteiger partial charge in [-0.25, -0.2) is 9.97 Å². The molecule has 6 heteroatoms. The Balaban J connectivity index is 1.46. The second-order valence-electron chi connectivity index (χ2n) is 7.29. The number of hydrogen-bond acceptors (Lipinski definition) is 5. The van der Waals surface area contributed by atoms with E-state index in [1.165, 1.54) is 24.1 Å². The summed E-state index contributed by atoms with van der Waals surface area (Å²) in [5.74, 6) is 2.25. The number of nitrogens with one attached hydrogen (secondary N) is 1. The monoisotopic (exact) mass is 362 g/mol. The highest BCUT2D eigenvalue weighted by Crippen LogP contribution is 2.29. The van der Waals surface area contributed by atoms with Crippen molar-refractivity contribution in [2.45, 2.75) is 32.2 Å². The fourth-order valence-corrected chi connectivity index (χ4v) is 3.76. The summed E-state index contributed by atoms with van der Waals surface area (Å²) in [6.45, 7) is 5.22. The van der Waals surface area contributed by atoms with Gasteiger partial charge in [-0.15, -0.1) is 0 Å². The third-order valence-electron chi connectivity index (χ3n) is 5.32. The zero-order valence-corrected chi connectivity index (χ0v) is 16.0. The Bertz CT molecular complexity index is 903. The number of pyridine rings is 2. The molecular weight excluding hydrogens is 336 g/mol. The SMILES string of the molecule is Cc1cccnc1Nc1cc(C2CCCN(Cc3ccnn3C)C2)ccn1. The summed E-state index contributed by atoms with van der Waals surface area (Å²) in [5.41, 5.74) is 3.72. The first-order valence-electron chi connectivity index (χ1n) is 9.53. The van der Waals surface area contributed by atoms with Crippen LogP contribution in [0.4, 0.5) is 11.6 Å². The Morgan fingerprint density at radius 3 is 2.89 bits per heavy atom. The Kier molecular flexibility index (Phi) is 5.16. The minimum Gasteiger partial charge on any atom is -0.325 e. The molecule has 4 rings (SSSR count). The number of anilines is 2. The van der Waals surface area contributed by atoms with Crippen LogP contribution in [0.5, 0.6) is 0 Å². The van der Waals surface area contributed by atoms with Gasteiger partial charge in [0.05, 0.1) is 5.69 Å². The van der Waals surface area contributed by atoms with Gasteiger partial charge in [0.1, 0.15) is 11.6 Å². The van der Waals surface area contributed by atoms with Crippen LogP contribution in [0.3, 0.4) is 0 Å². The lowest BCUT2D eigenvalue weighted by atomic mass is 9.91. The largest absolute Gasteiger partial charge is 0.325 e. The standard InChI is InChI=1S/C21H26N6/c1-16-5-3-9-23-21(16)25-20-13-17(7-10-22-20)18-6-4-12-27(14-18)15-19-8-11-24-26(19)2/h3,5,7-11,13,18H,4,6,12,14-15H2,1-2H3,(H,22,23,25). The molecule has 1 aliphatic heterocycles. The van der Waals surface area contributed by atoms with Gasteiger partial charge in [0.2, 0.25) is 0 Å². The quantitative estimate of drug-likeness (QED) is 0.751. The lowest BCUT2D eigenvalue weighted by Gasteiger charge is -2.33. The van der Waals surface area contributed by atoms with E-state index in [2.05, 4.69) is 56.5 Å². The zero-order chi connectivity index (χ0) is 18.6. The maximum Gasteiger partial charge on any atom is 0.134 e. The molecule has 6 nitrogen and oxygen atoms in total. The van der Waals surface area contributed by atoms with E-state index in [4.69, 9.17) is 0 Å². The second kappa shape index (κ2) is 7.88. The molecule has 0 aliphatic carbocycles. The Labute approximate surface area is 160 Å². The number of piperidine rings is 1. The van der Waals surface area contributed by atoms with Gasteiger partial charge in [-0.05, 0) is 67.6 Å². The lowest BCUT2D eigenvalue weighted by Crippen LogP contribution is -2.34. The highest BCUT2D eigenvalue weighted by atomic mass is 15.3. The Morgan fingerprint density at radius 2 is 2.07 bits per heavy atom. The van der Waals surface area contributed by atoms with E-state index in [-0.39, 0.29) is 0 Å². The van der Waals surface area contributed by atoms with Gasteiger partial charge < -0.3 is 5.32 Å². The van der Waals surface area contributed by atoms with Crippen LogP contribution >= 0.6 is 0 Å². The number of aryl methyl sites for hydroxylation is 2. The highest BCUT2D eigenvalue weighted by Gasteiger charge is 2.22. The van der Waals surface area contributed by atoms with Crippen molar-refractivity contribution in [3.63, 3.8) is 0 Å². The van der Waals surface area contributed by atoms with Crippen LogP contribution in [0.1, 0.15) is 35.6 Å². The molecule has 1 atom stereocenters. The average Bonchev–Trinajstić information content (AvgIpc) is 3.09. The second-order valence-corrected chi connectivity index (χ2v) is 7.29. The minimum atomic E-state index is 0.528. The van der Waals surface area contributed by atoms with Crippen molar-refractivity contribution in [3.8, 4) is 0 Å². The van der Waals surface area contributed by atoms with E-state index in [1.54, 1.807) is 6.20 Å². The molecule has 0 saturated carbocycles. The normalized spacial score (nSPS) is 17.8. The molecule has 0 aromatic carbocycles. The molecule has 4 heterocycles. The third kappa shape index (κ3) is 4.17. The lowest BCUT2D eigenvalue weighted by molar-refractivity contribution is 0.196. The summed E-state index contributed by atoms with van der Waals surface area (Å²) in [7, 11) is 2.01. The highest BCUT2D eigenvalue weighted by molar-refractivity contribution is 5.56. The number of rotatable bonds is 5. The summed E-state index contributed by atoms with van der Waals surface area (Å²) in [5, 5.41) is 7.64. The van der Waals surface area contributed by atoms with Gasteiger partial charge in [0.15, 0.2) is 0 Å². The van der Waals surface area contributed by atoms with Gasteiger partial charge in [0, 0.05) is 38.7 Å². The van der Waals surface area contributed by atoms with Crippen LogP contribution in [0.2, 0.25) is 0 Å². The molecule has 1 aliphatic rings. The average molecular weight is 362 g/mol. The van der Waals surface area contributed by atoms with E-state index >= 15 is 0 Å². The molecule has 1 N–H and O–H groups in total. The van der Waals surface area contributed by atoms with Crippen molar-refractivity contribution in [1.29, 1.82) is 0 Å². The van der Waals surface area contributed by atoms with Crippen LogP contribution < -0.4 is 5.32 Å². The van der Waals surface area contributed by atoms with E-state index in [0.717, 1.165) is 36.8 Å². The van der Waals surface area contributed by atoms with Crippen molar-refractivity contribution < 1.29 is 0 Å². The molecule has 0 spiro atoms. The third-order valence-corrected chi connectivity index (χ3v) is 5.32. The number of hydrogen-bond donors (Lipinski definition) is 1. The minimum absolute atomic E-state index is 0.528. The molecule has 27 heavy (non-hydrogen) atoms. The van der Waals surface area contributed by atoms with Gasteiger partial charge >= 0.3 is 0 Å². The van der Waals surface area contributed by atoms with Crippen LogP contribution in [-0.2, 0) is 13.6 Å². The van der Waals surface area contributed by atoms with Gasteiger partial charge in [-0.1, -0.05) is 6.07 Å². The molecule has 140 valence electrons. The number of likely N-dealkylation sites (tertiary alicyclic amines) is 1. The number of nitrogens with zero attached hydrogens (tertiary/aromatic N) is 5.